The number of fused-ring (bicyclic) bond motifs is 1. The summed E-state index contributed by atoms with van der Waals surface area (Å²) in [5.74, 6) is -1.63. The SMILES string of the molecule is N#Cc1c(NC(NC(=O)c2cccc(Cl)c2)(C(F)(F)F)C(F)(F)F)sc2c1CCCC2. The van der Waals surface area contributed by atoms with Crippen LogP contribution in [0, 0.1) is 11.3 Å². The molecule has 12 heteroatoms. The molecule has 3 rings (SSSR count). The third-order valence-electron chi connectivity index (χ3n) is 4.82. The lowest BCUT2D eigenvalue weighted by atomic mass is 9.96. The number of nitrogens with one attached hydrogen (secondary N) is 2. The van der Waals surface area contributed by atoms with Crippen LogP contribution in [0.4, 0.5) is 31.3 Å². The summed E-state index contributed by atoms with van der Waals surface area (Å²) in [6.07, 6.45) is -9.75. The van der Waals surface area contributed by atoms with Crippen molar-refractivity contribution in [3.8, 4) is 6.07 Å². The van der Waals surface area contributed by atoms with Crippen LogP contribution in [-0.4, -0.2) is 23.9 Å². The molecular weight excluding hydrogens is 468 g/mol. The van der Waals surface area contributed by atoms with Crippen molar-refractivity contribution in [1.82, 2.24) is 5.32 Å². The van der Waals surface area contributed by atoms with Gasteiger partial charge in [0.15, 0.2) is 0 Å². The Morgan fingerprint density at radius 3 is 2.32 bits per heavy atom. The maximum Gasteiger partial charge on any atom is 0.439 e. The summed E-state index contributed by atoms with van der Waals surface area (Å²) >= 11 is 6.36. The van der Waals surface area contributed by atoms with Crippen molar-refractivity contribution in [2.24, 2.45) is 0 Å². The summed E-state index contributed by atoms with van der Waals surface area (Å²) in [4.78, 5) is 12.9. The zero-order chi connectivity index (χ0) is 23.0. The second-order valence-corrected chi connectivity index (χ2v) is 8.40. The Balaban J connectivity index is 2.10. The molecule has 0 atom stereocenters. The molecule has 1 aliphatic rings. The highest BCUT2D eigenvalue weighted by Gasteiger charge is 2.73. The molecule has 2 N–H and O–H groups in total. The summed E-state index contributed by atoms with van der Waals surface area (Å²) in [5.41, 5.74) is -5.13. The normalized spacial score (nSPS) is 14.5. The van der Waals surface area contributed by atoms with E-state index in [1.807, 2.05) is 0 Å². The fourth-order valence-electron chi connectivity index (χ4n) is 3.29. The molecule has 1 aromatic heterocycles. The Kier molecular flexibility index (Phi) is 6.17. The molecule has 1 amide bonds. The summed E-state index contributed by atoms with van der Waals surface area (Å²) in [7, 11) is 0. The summed E-state index contributed by atoms with van der Waals surface area (Å²) < 4.78 is 83.6. The smallest absolute Gasteiger partial charge is 0.338 e. The Morgan fingerprint density at radius 2 is 1.74 bits per heavy atom. The third-order valence-corrected chi connectivity index (χ3v) is 6.26. The van der Waals surface area contributed by atoms with E-state index in [0.717, 1.165) is 17.4 Å². The second-order valence-electron chi connectivity index (χ2n) is 6.86. The molecular formula is C19H14ClF6N3OS. The van der Waals surface area contributed by atoms with Crippen LogP contribution >= 0.6 is 22.9 Å². The van der Waals surface area contributed by atoms with Gasteiger partial charge in [-0.2, -0.15) is 31.6 Å². The van der Waals surface area contributed by atoms with Crippen LogP contribution in [0.3, 0.4) is 0 Å². The molecule has 4 nitrogen and oxygen atoms in total. The van der Waals surface area contributed by atoms with E-state index in [-0.39, 0.29) is 10.6 Å². The van der Waals surface area contributed by atoms with Gasteiger partial charge < -0.3 is 10.6 Å². The maximum atomic E-state index is 13.9. The quantitative estimate of drug-likeness (QED) is 0.427. The topological polar surface area (TPSA) is 64.9 Å². The minimum absolute atomic E-state index is 0.0390. The number of halogens is 7. The highest BCUT2D eigenvalue weighted by molar-refractivity contribution is 7.16. The summed E-state index contributed by atoms with van der Waals surface area (Å²) in [6.45, 7) is 0. The number of carbonyl (C=O) groups is 1. The number of hydrogen-bond donors (Lipinski definition) is 2. The predicted octanol–water partition coefficient (Wildman–Crippen LogP) is 5.81. The predicted molar refractivity (Wildman–Crippen MR) is 103 cm³/mol. The molecule has 0 radical (unpaired) electrons. The number of nitrogens with zero attached hydrogens (tertiary/aromatic N) is 1. The van der Waals surface area contributed by atoms with Gasteiger partial charge in [0.2, 0.25) is 0 Å². The summed E-state index contributed by atoms with van der Waals surface area (Å²) in [5, 5.41) is 11.3. The van der Waals surface area contributed by atoms with Gasteiger partial charge >= 0.3 is 18.0 Å². The molecule has 166 valence electrons. The van der Waals surface area contributed by atoms with E-state index >= 15 is 0 Å². The average Bonchev–Trinajstić information content (AvgIpc) is 3.02. The van der Waals surface area contributed by atoms with Gasteiger partial charge in [-0.3, -0.25) is 4.79 Å². The first-order chi connectivity index (χ1) is 14.4. The molecule has 31 heavy (non-hydrogen) atoms. The van der Waals surface area contributed by atoms with Crippen molar-refractivity contribution >= 4 is 33.8 Å². The number of hydrogen-bond acceptors (Lipinski definition) is 4. The van der Waals surface area contributed by atoms with Crippen LogP contribution in [0.15, 0.2) is 24.3 Å². The van der Waals surface area contributed by atoms with Gasteiger partial charge in [-0.05, 0) is 49.4 Å². The first kappa shape index (κ1) is 23.2. The number of aryl methyl sites for hydroxylation is 1. The Morgan fingerprint density at radius 1 is 1.10 bits per heavy atom. The van der Waals surface area contributed by atoms with E-state index in [9.17, 15) is 36.4 Å². The lowest BCUT2D eigenvalue weighted by Gasteiger charge is -2.38. The molecule has 0 unspecified atom stereocenters. The van der Waals surface area contributed by atoms with Gasteiger partial charge in [-0.1, -0.05) is 17.7 Å². The van der Waals surface area contributed by atoms with E-state index < -0.39 is 34.5 Å². The molecule has 0 saturated carbocycles. The Bertz CT molecular complexity index is 1030. The fraction of sp³-hybridized carbons (Fsp3) is 0.368. The lowest BCUT2D eigenvalue weighted by Crippen LogP contribution is -2.72. The maximum absolute atomic E-state index is 13.9. The van der Waals surface area contributed by atoms with Crippen LogP contribution < -0.4 is 10.6 Å². The molecule has 1 aromatic carbocycles. The molecule has 0 aliphatic heterocycles. The van der Waals surface area contributed by atoms with E-state index in [1.54, 1.807) is 6.07 Å². The Labute approximate surface area is 181 Å². The van der Waals surface area contributed by atoms with Crippen LogP contribution in [0.5, 0.6) is 0 Å². The molecule has 0 spiro atoms. The van der Waals surface area contributed by atoms with Crippen molar-refractivity contribution in [3.63, 3.8) is 0 Å². The van der Waals surface area contributed by atoms with Gasteiger partial charge in [0.1, 0.15) is 11.1 Å². The molecule has 0 bridgehead atoms. The van der Waals surface area contributed by atoms with Crippen molar-refractivity contribution < 1.29 is 31.1 Å². The average molecular weight is 482 g/mol. The molecule has 2 aromatic rings. The minimum atomic E-state index is -5.99. The number of benzene rings is 1. The zero-order valence-corrected chi connectivity index (χ0v) is 17.1. The standard InChI is InChI=1S/C19H14ClF6N3OS/c20-11-5-3-4-10(8-11)15(30)28-17(18(21,22)23,19(24,25)26)29-16-13(9-27)12-6-1-2-7-14(12)31-16/h3-5,8,29H,1-2,6-7H2,(H,28,30). The van der Waals surface area contributed by atoms with Crippen molar-refractivity contribution in [2.45, 2.75) is 43.7 Å². The highest BCUT2D eigenvalue weighted by atomic mass is 35.5. The van der Waals surface area contributed by atoms with Gasteiger partial charge in [0, 0.05) is 15.5 Å². The van der Waals surface area contributed by atoms with E-state index in [0.29, 0.717) is 47.5 Å². The number of nitriles is 1. The van der Waals surface area contributed by atoms with E-state index in [4.69, 9.17) is 11.6 Å². The molecule has 0 fully saturated rings. The molecule has 0 saturated heterocycles. The number of alkyl halides is 6. The first-order valence-electron chi connectivity index (χ1n) is 8.94. The number of anilines is 1. The van der Waals surface area contributed by atoms with Crippen molar-refractivity contribution in [3.05, 3.63) is 50.9 Å². The number of amides is 1. The van der Waals surface area contributed by atoms with E-state index in [1.165, 1.54) is 17.4 Å². The van der Waals surface area contributed by atoms with Gasteiger partial charge in [0.05, 0.1) is 5.56 Å². The zero-order valence-electron chi connectivity index (χ0n) is 15.5. The van der Waals surface area contributed by atoms with Gasteiger partial charge in [-0.25, -0.2) is 0 Å². The van der Waals surface area contributed by atoms with Crippen LogP contribution in [0.25, 0.3) is 0 Å². The van der Waals surface area contributed by atoms with Crippen molar-refractivity contribution in [1.29, 1.82) is 5.26 Å². The number of carbonyl (C=O) groups excluding carboxylic acids is 1. The van der Waals surface area contributed by atoms with Crippen LogP contribution in [0.1, 0.15) is 39.2 Å². The van der Waals surface area contributed by atoms with Gasteiger partial charge in [-0.15, -0.1) is 11.3 Å². The van der Waals surface area contributed by atoms with Crippen LogP contribution in [-0.2, 0) is 12.8 Å². The number of rotatable bonds is 4. The fourth-order valence-corrected chi connectivity index (χ4v) is 4.78. The second kappa shape index (κ2) is 8.24. The molecule has 1 aliphatic carbocycles. The number of thiophene rings is 1. The van der Waals surface area contributed by atoms with Crippen LogP contribution in [0.2, 0.25) is 5.02 Å². The third kappa shape index (κ3) is 4.32. The monoisotopic (exact) mass is 481 g/mol. The highest BCUT2D eigenvalue weighted by Crippen LogP contribution is 2.47. The van der Waals surface area contributed by atoms with Crippen molar-refractivity contribution in [2.75, 3.05) is 5.32 Å². The summed E-state index contributed by atoms with van der Waals surface area (Å²) in [6, 6.07) is 6.21. The lowest BCUT2D eigenvalue weighted by molar-refractivity contribution is -0.293. The largest absolute Gasteiger partial charge is 0.439 e. The van der Waals surface area contributed by atoms with E-state index in [2.05, 4.69) is 0 Å². The van der Waals surface area contributed by atoms with Gasteiger partial charge in [0.25, 0.3) is 5.91 Å². The molecule has 1 heterocycles. The first-order valence-corrected chi connectivity index (χ1v) is 10.1. The Hall–Kier alpha value is -2.45. The minimum Gasteiger partial charge on any atom is -0.338 e.